The first-order valence-electron chi connectivity index (χ1n) is 8.67. The standard InChI is InChI=1S/C17H28N4O2.ClH/c1-21-11-13(8-20-21)15-9-18-10-16(15)17(22)19-7-12-3-5-14(23-2)6-4-12;/h8,11-12,14-16,18H,3-7,9-10H2,1-2H3,(H,19,22);1H/t12?,14?,15-,16+;/m1./s1. The molecule has 2 atom stereocenters. The molecule has 0 radical (unpaired) electrons. The van der Waals surface area contributed by atoms with E-state index < -0.39 is 0 Å². The van der Waals surface area contributed by atoms with Crippen LogP contribution in [0, 0.1) is 11.8 Å². The van der Waals surface area contributed by atoms with Gasteiger partial charge in [0, 0.05) is 45.9 Å². The van der Waals surface area contributed by atoms with Crippen molar-refractivity contribution < 1.29 is 9.53 Å². The molecule has 7 heteroatoms. The Bertz CT molecular complexity index is 528. The van der Waals surface area contributed by atoms with Gasteiger partial charge in [0.05, 0.1) is 18.2 Å². The normalized spacial score (nSPS) is 29.9. The Morgan fingerprint density at radius 3 is 2.75 bits per heavy atom. The summed E-state index contributed by atoms with van der Waals surface area (Å²) in [4.78, 5) is 12.6. The van der Waals surface area contributed by atoms with Crippen LogP contribution in [0.25, 0.3) is 0 Å². The average Bonchev–Trinajstić information content (AvgIpc) is 3.21. The summed E-state index contributed by atoms with van der Waals surface area (Å²) in [5.41, 5.74) is 1.15. The molecule has 0 spiro atoms. The first-order valence-corrected chi connectivity index (χ1v) is 8.67. The Morgan fingerprint density at radius 2 is 2.12 bits per heavy atom. The molecule has 2 aliphatic rings. The molecule has 1 aromatic rings. The topological polar surface area (TPSA) is 68.2 Å². The highest BCUT2D eigenvalue weighted by molar-refractivity contribution is 5.85. The molecule has 0 aromatic carbocycles. The lowest BCUT2D eigenvalue weighted by Gasteiger charge is -2.28. The smallest absolute Gasteiger partial charge is 0.225 e. The van der Waals surface area contributed by atoms with Crippen LogP contribution in [0.1, 0.15) is 37.2 Å². The van der Waals surface area contributed by atoms with Crippen LogP contribution in [0.15, 0.2) is 12.4 Å². The number of aryl methyl sites for hydroxylation is 1. The molecule has 6 nitrogen and oxygen atoms in total. The van der Waals surface area contributed by atoms with Crippen molar-refractivity contribution in [2.24, 2.45) is 18.9 Å². The Kier molecular flexibility index (Phi) is 7.07. The second-order valence-electron chi connectivity index (χ2n) is 6.94. The predicted molar refractivity (Wildman–Crippen MR) is 95.3 cm³/mol. The van der Waals surface area contributed by atoms with E-state index in [9.17, 15) is 4.79 Å². The lowest BCUT2D eigenvalue weighted by molar-refractivity contribution is -0.125. The van der Waals surface area contributed by atoms with Gasteiger partial charge in [0.15, 0.2) is 0 Å². The number of nitrogens with zero attached hydrogens (tertiary/aromatic N) is 2. The van der Waals surface area contributed by atoms with Crippen molar-refractivity contribution in [1.82, 2.24) is 20.4 Å². The van der Waals surface area contributed by atoms with E-state index in [0.717, 1.165) is 50.9 Å². The maximum absolute atomic E-state index is 12.6. The van der Waals surface area contributed by atoms with Gasteiger partial charge in [0.1, 0.15) is 0 Å². The summed E-state index contributed by atoms with van der Waals surface area (Å²) >= 11 is 0. The number of hydrogen-bond acceptors (Lipinski definition) is 4. The van der Waals surface area contributed by atoms with Gasteiger partial charge in [-0.3, -0.25) is 9.48 Å². The number of aromatic nitrogens is 2. The molecule has 2 heterocycles. The maximum Gasteiger partial charge on any atom is 0.225 e. The molecule has 1 amide bonds. The third-order valence-electron chi connectivity index (χ3n) is 5.40. The molecule has 1 aliphatic heterocycles. The molecule has 1 saturated heterocycles. The van der Waals surface area contributed by atoms with Crippen molar-refractivity contribution in [2.75, 3.05) is 26.7 Å². The van der Waals surface area contributed by atoms with Gasteiger partial charge in [-0.1, -0.05) is 0 Å². The zero-order valence-electron chi connectivity index (χ0n) is 14.5. The first kappa shape index (κ1) is 19.2. The average molecular weight is 357 g/mol. The van der Waals surface area contributed by atoms with Crippen molar-refractivity contribution in [2.45, 2.75) is 37.7 Å². The summed E-state index contributed by atoms with van der Waals surface area (Å²) in [6.07, 6.45) is 8.83. The number of ether oxygens (including phenoxy) is 1. The third-order valence-corrected chi connectivity index (χ3v) is 5.40. The monoisotopic (exact) mass is 356 g/mol. The molecule has 2 N–H and O–H groups in total. The van der Waals surface area contributed by atoms with Crippen molar-refractivity contribution >= 4 is 18.3 Å². The molecule has 3 rings (SSSR count). The number of methoxy groups -OCH3 is 1. The van der Waals surface area contributed by atoms with Gasteiger partial charge in [-0.15, -0.1) is 12.4 Å². The highest BCUT2D eigenvalue weighted by Gasteiger charge is 2.35. The van der Waals surface area contributed by atoms with Crippen LogP contribution in [-0.4, -0.2) is 48.5 Å². The van der Waals surface area contributed by atoms with Crippen LogP contribution in [0.3, 0.4) is 0 Å². The van der Waals surface area contributed by atoms with Crippen molar-refractivity contribution in [3.05, 3.63) is 18.0 Å². The molecular formula is C17H29ClN4O2. The van der Waals surface area contributed by atoms with Crippen LogP contribution < -0.4 is 10.6 Å². The number of carbonyl (C=O) groups excluding carboxylic acids is 1. The number of halogens is 1. The minimum absolute atomic E-state index is 0. The highest BCUT2D eigenvalue weighted by Crippen LogP contribution is 2.29. The summed E-state index contributed by atoms with van der Waals surface area (Å²) in [5, 5.41) is 10.8. The van der Waals surface area contributed by atoms with Crippen molar-refractivity contribution in [3.63, 3.8) is 0 Å². The van der Waals surface area contributed by atoms with E-state index in [-0.39, 0.29) is 30.2 Å². The van der Waals surface area contributed by atoms with Gasteiger partial charge in [0.25, 0.3) is 0 Å². The molecule has 1 aromatic heterocycles. The zero-order chi connectivity index (χ0) is 16.2. The van der Waals surface area contributed by atoms with E-state index in [1.807, 2.05) is 19.4 Å². The van der Waals surface area contributed by atoms with Crippen molar-refractivity contribution in [1.29, 1.82) is 0 Å². The second kappa shape index (κ2) is 8.83. The Labute approximate surface area is 150 Å². The third kappa shape index (κ3) is 4.49. The first-order chi connectivity index (χ1) is 11.2. The Morgan fingerprint density at radius 1 is 1.38 bits per heavy atom. The molecule has 2 fully saturated rings. The molecule has 24 heavy (non-hydrogen) atoms. The van der Waals surface area contributed by atoms with Crippen LogP contribution in [0.5, 0.6) is 0 Å². The summed E-state index contributed by atoms with van der Waals surface area (Å²) in [6, 6.07) is 0. The van der Waals surface area contributed by atoms with E-state index >= 15 is 0 Å². The predicted octanol–water partition coefficient (Wildman–Crippen LogP) is 1.47. The van der Waals surface area contributed by atoms with Gasteiger partial charge in [-0.05, 0) is 37.2 Å². The second-order valence-corrected chi connectivity index (χ2v) is 6.94. The summed E-state index contributed by atoms with van der Waals surface area (Å²) in [7, 11) is 3.70. The fourth-order valence-corrected chi connectivity index (χ4v) is 3.88. The fraction of sp³-hybridized carbons (Fsp3) is 0.765. The van der Waals surface area contributed by atoms with E-state index in [0.29, 0.717) is 12.0 Å². The van der Waals surface area contributed by atoms with Gasteiger partial charge >= 0.3 is 0 Å². The summed E-state index contributed by atoms with van der Waals surface area (Å²) in [6.45, 7) is 2.40. The fourth-order valence-electron chi connectivity index (χ4n) is 3.88. The van der Waals surface area contributed by atoms with Crippen LogP contribution >= 0.6 is 12.4 Å². The maximum atomic E-state index is 12.6. The van der Waals surface area contributed by atoms with E-state index in [4.69, 9.17) is 4.74 Å². The molecule has 136 valence electrons. The minimum Gasteiger partial charge on any atom is -0.381 e. The van der Waals surface area contributed by atoms with E-state index in [2.05, 4.69) is 15.7 Å². The highest BCUT2D eigenvalue weighted by atomic mass is 35.5. The van der Waals surface area contributed by atoms with E-state index in [1.165, 1.54) is 0 Å². The number of amides is 1. The molecule has 1 saturated carbocycles. The molecule has 0 unspecified atom stereocenters. The van der Waals surface area contributed by atoms with Gasteiger partial charge in [-0.2, -0.15) is 5.10 Å². The van der Waals surface area contributed by atoms with Gasteiger partial charge < -0.3 is 15.4 Å². The molecule has 1 aliphatic carbocycles. The lowest BCUT2D eigenvalue weighted by Crippen LogP contribution is -2.38. The van der Waals surface area contributed by atoms with Crippen LogP contribution in [0.2, 0.25) is 0 Å². The van der Waals surface area contributed by atoms with Crippen molar-refractivity contribution in [3.8, 4) is 0 Å². The van der Waals surface area contributed by atoms with Gasteiger partial charge in [0.2, 0.25) is 5.91 Å². The number of nitrogens with one attached hydrogen (secondary N) is 2. The van der Waals surface area contributed by atoms with E-state index in [1.54, 1.807) is 11.8 Å². The Balaban J connectivity index is 0.00000208. The largest absolute Gasteiger partial charge is 0.381 e. The summed E-state index contributed by atoms with van der Waals surface area (Å²) < 4.78 is 7.21. The quantitative estimate of drug-likeness (QED) is 0.838. The zero-order valence-corrected chi connectivity index (χ0v) is 15.3. The molecule has 0 bridgehead atoms. The Hall–Kier alpha value is -1.11. The van der Waals surface area contributed by atoms with Crippen LogP contribution in [0.4, 0.5) is 0 Å². The number of carbonyl (C=O) groups is 1. The van der Waals surface area contributed by atoms with Gasteiger partial charge in [-0.25, -0.2) is 0 Å². The minimum atomic E-state index is 0. The summed E-state index contributed by atoms with van der Waals surface area (Å²) in [5.74, 6) is 1.01. The molecular weight excluding hydrogens is 328 g/mol. The number of rotatable bonds is 5. The lowest BCUT2D eigenvalue weighted by atomic mass is 9.86. The van der Waals surface area contributed by atoms with Crippen LogP contribution in [-0.2, 0) is 16.6 Å². The number of hydrogen-bond donors (Lipinski definition) is 2. The SMILES string of the molecule is COC1CCC(CNC(=O)[C@H]2CNC[C@@H]2c2cnn(C)c2)CC1.Cl.